The molecule has 0 spiro atoms. The molecule has 0 saturated carbocycles. The van der Waals surface area contributed by atoms with Crippen molar-refractivity contribution in [3.63, 3.8) is 0 Å². The molecule has 0 rings (SSSR count). The summed E-state index contributed by atoms with van der Waals surface area (Å²) in [5.74, 6) is 0. The minimum Gasteiger partial charge on any atom is -0.212 e. The van der Waals surface area contributed by atoms with E-state index in [2.05, 4.69) is 23.2 Å². The number of alkyl halides is 8. The summed E-state index contributed by atoms with van der Waals surface area (Å²) in [6.07, 6.45) is -9.78. The van der Waals surface area contributed by atoms with Crippen molar-refractivity contribution in [2.24, 2.45) is 0 Å². The summed E-state index contributed by atoms with van der Waals surface area (Å²) < 4.78 is 95.3. The summed E-state index contributed by atoms with van der Waals surface area (Å²) in [4.78, 5) is 0. The molecule has 0 aliphatic carbocycles. The van der Waals surface area contributed by atoms with Gasteiger partial charge < -0.3 is 0 Å². The summed E-state index contributed by atoms with van der Waals surface area (Å²) in [7, 11) is 0. The van der Waals surface area contributed by atoms with Crippen molar-refractivity contribution in [2.45, 2.75) is 16.7 Å². The van der Waals surface area contributed by atoms with Gasteiger partial charge in [0.2, 0.25) is 0 Å². The van der Waals surface area contributed by atoms with Crippen molar-refractivity contribution >= 4 is 23.2 Å². The number of hydrogen-bond donors (Lipinski definition) is 0. The lowest BCUT2D eigenvalue weighted by molar-refractivity contribution is -0.125. The Kier molecular flexibility index (Phi) is 3.91. The normalized spacial score (nSPS) is 17.2. The number of halogens is 10. The molecule has 1 unspecified atom stereocenters. The third-order valence-corrected chi connectivity index (χ3v) is 1.93. The van der Waals surface area contributed by atoms with E-state index in [0.29, 0.717) is 0 Å². The van der Waals surface area contributed by atoms with Gasteiger partial charge in [0.1, 0.15) is 0 Å². The molecule has 90 valence electrons. The molecule has 0 aliphatic heterocycles. The van der Waals surface area contributed by atoms with Crippen LogP contribution in [0.3, 0.4) is 0 Å². The Morgan fingerprint density at radius 1 is 0.800 bits per heavy atom. The highest BCUT2D eigenvalue weighted by Gasteiger charge is 2.64. The first kappa shape index (κ1) is 14.8. The van der Waals surface area contributed by atoms with Crippen LogP contribution in [0.15, 0.2) is 11.7 Å². The molecule has 15 heavy (non-hydrogen) atoms. The first-order chi connectivity index (χ1) is 6.32. The van der Waals surface area contributed by atoms with Gasteiger partial charge in [-0.2, -0.15) is 30.7 Å². The largest absolute Gasteiger partial charge is 0.422 e. The molecule has 0 fully saturated rings. The van der Waals surface area contributed by atoms with Crippen molar-refractivity contribution in [1.82, 2.24) is 0 Å². The van der Waals surface area contributed by atoms with E-state index < -0.39 is 28.3 Å². The van der Waals surface area contributed by atoms with Crippen LogP contribution in [-0.2, 0) is 0 Å². The molecule has 0 nitrogen and oxygen atoms in total. The van der Waals surface area contributed by atoms with E-state index in [-0.39, 0.29) is 0 Å². The van der Waals surface area contributed by atoms with Gasteiger partial charge in [0.05, 0.1) is 0 Å². The topological polar surface area (TPSA) is 0 Å². The zero-order valence-electron chi connectivity index (χ0n) is 6.28. The molecule has 10 heteroatoms. The molecule has 0 saturated heterocycles. The second kappa shape index (κ2) is 3.97. The lowest BCUT2D eigenvalue weighted by atomic mass is 10.1. The average Bonchev–Trinajstić information content (AvgIpc) is 1.76. The van der Waals surface area contributed by atoms with E-state index in [1.165, 1.54) is 0 Å². The maximum atomic E-state index is 12.6. The van der Waals surface area contributed by atoms with Gasteiger partial charge in [-0.3, -0.25) is 0 Å². The molecule has 0 aliphatic rings. The molecule has 0 bridgehead atoms. The zero-order chi connectivity index (χ0) is 12.7. The Morgan fingerprint density at radius 2 is 1.13 bits per heavy atom. The molecule has 0 aromatic carbocycles. The third-order valence-electron chi connectivity index (χ3n) is 1.14. The van der Waals surface area contributed by atoms with Crippen molar-refractivity contribution in [3.05, 3.63) is 11.7 Å². The molecular weight excluding hydrogens is 283 g/mol. The molecular formula is C5Cl2F8. The Labute approximate surface area is 87.4 Å². The summed E-state index contributed by atoms with van der Waals surface area (Å²) in [6, 6.07) is 0. The van der Waals surface area contributed by atoms with Crippen molar-refractivity contribution in [2.75, 3.05) is 0 Å². The fraction of sp³-hybridized carbons (Fsp3) is 0.600. The van der Waals surface area contributed by atoms with Gasteiger partial charge in [-0.15, -0.1) is 0 Å². The van der Waals surface area contributed by atoms with Gasteiger partial charge in [-0.05, 0) is 11.6 Å². The Bertz CT molecular complexity index is 268. The van der Waals surface area contributed by atoms with E-state index >= 15 is 0 Å². The number of allylic oxidation sites excluding steroid dienone is 1. The molecule has 0 aromatic heterocycles. The van der Waals surface area contributed by atoms with E-state index in [4.69, 9.17) is 0 Å². The number of rotatable bonds is 2. The Morgan fingerprint density at radius 3 is 1.20 bits per heavy atom. The van der Waals surface area contributed by atoms with Gasteiger partial charge in [0.15, 0.2) is 5.57 Å². The van der Waals surface area contributed by atoms with Crippen LogP contribution in [-0.4, -0.2) is 16.7 Å². The van der Waals surface area contributed by atoms with Crippen molar-refractivity contribution in [1.29, 1.82) is 0 Å². The van der Waals surface area contributed by atoms with Gasteiger partial charge in [-0.25, -0.2) is 4.39 Å². The monoisotopic (exact) mass is 282 g/mol. The van der Waals surface area contributed by atoms with E-state index in [1.807, 2.05) is 0 Å². The molecule has 0 aromatic rings. The lowest BCUT2D eigenvalue weighted by Gasteiger charge is -2.25. The standard InChI is InChI=1S/C5Cl2F8/c6-3(10,5(7,14)15)1(2(8)9)4(11,12)13. The van der Waals surface area contributed by atoms with Crippen LogP contribution in [0.25, 0.3) is 0 Å². The first-order valence-electron chi connectivity index (χ1n) is 2.89. The van der Waals surface area contributed by atoms with Gasteiger partial charge in [0, 0.05) is 0 Å². The Balaban J connectivity index is 5.63. The van der Waals surface area contributed by atoms with Crippen molar-refractivity contribution in [3.8, 4) is 0 Å². The summed E-state index contributed by atoms with van der Waals surface area (Å²) in [6.45, 7) is 0. The SMILES string of the molecule is FC(F)=C(C(F)(F)F)C(F)(Cl)C(F)(F)Cl. The second-order valence-electron chi connectivity index (χ2n) is 2.21. The number of hydrogen-bond acceptors (Lipinski definition) is 0. The maximum Gasteiger partial charge on any atom is 0.422 e. The van der Waals surface area contributed by atoms with Gasteiger partial charge in [-0.1, -0.05) is 11.6 Å². The maximum absolute atomic E-state index is 12.6. The van der Waals surface area contributed by atoms with Gasteiger partial charge >= 0.3 is 11.6 Å². The minimum atomic E-state index is -6.06. The van der Waals surface area contributed by atoms with Crippen molar-refractivity contribution < 1.29 is 35.1 Å². The first-order valence-corrected chi connectivity index (χ1v) is 3.65. The quantitative estimate of drug-likeness (QED) is 0.519. The minimum absolute atomic E-state index is 3.52. The van der Waals surface area contributed by atoms with Crippen LogP contribution in [0.4, 0.5) is 35.1 Å². The van der Waals surface area contributed by atoms with Crippen LogP contribution in [0.2, 0.25) is 0 Å². The second-order valence-corrected chi connectivity index (χ2v) is 3.20. The van der Waals surface area contributed by atoms with Crippen LogP contribution >= 0.6 is 23.2 Å². The Hall–Kier alpha value is -0.240. The van der Waals surface area contributed by atoms with E-state index in [1.54, 1.807) is 0 Å². The molecule has 0 heterocycles. The fourth-order valence-corrected chi connectivity index (χ4v) is 0.819. The summed E-state index contributed by atoms with van der Waals surface area (Å²) >= 11 is 7.91. The highest BCUT2D eigenvalue weighted by Crippen LogP contribution is 2.51. The summed E-state index contributed by atoms with van der Waals surface area (Å²) in [5, 5.41) is -10.6. The van der Waals surface area contributed by atoms with Crippen LogP contribution < -0.4 is 0 Å². The summed E-state index contributed by atoms with van der Waals surface area (Å²) in [5.41, 5.74) is -3.52. The highest BCUT2D eigenvalue weighted by atomic mass is 35.5. The van der Waals surface area contributed by atoms with E-state index in [0.717, 1.165) is 0 Å². The van der Waals surface area contributed by atoms with Crippen LogP contribution in [0.1, 0.15) is 0 Å². The predicted molar refractivity (Wildman–Crippen MR) is 35.8 cm³/mol. The zero-order valence-corrected chi connectivity index (χ0v) is 7.79. The third kappa shape index (κ3) is 3.10. The fourth-order valence-electron chi connectivity index (χ4n) is 0.546. The predicted octanol–water partition coefficient (Wildman–Crippen LogP) is 4.44. The smallest absolute Gasteiger partial charge is 0.212 e. The highest BCUT2D eigenvalue weighted by molar-refractivity contribution is 6.34. The lowest BCUT2D eigenvalue weighted by Crippen LogP contribution is -2.42. The molecule has 1 atom stereocenters. The van der Waals surface area contributed by atoms with Gasteiger partial charge in [0.25, 0.3) is 11.2 Å². The van der Waals surface area contributed by atoms with Crippen LogP contribution in [0.5, 0.6) is 0 Å². The molecule has 0 N–H and O–H groups in total. The molecule has 0 amide bonds. The van der Waals surface area contributed by atoms with Crippen LogP contribution in [0, 0.1) is 0 Å². The average molecular weight is 283 g/mol. The molecule has 0 radical (unpaired) electrons. The van der Waals surface area contributed by atoms with E-state index in [9.17, 15) is 35.1 Å².